The molecule has 1 aromatic carbocycles. The Morgan fingerprint density at radius 1 is 1.36 bits per heavy atom. The number of halogens is 1. The van der Waals surface area contributed by atoms with Crippen molar-refractivity contribution in [3.8, 4) is 0 Å². The molecule has 1 aromatic rings. The second-order valence-electron chi connectivity index (χ2n) is 6.56. The summed E-state index contributed by atoms with van der Waals surface area (Å²) in [6.07, 6.45) is 3.64. The first kappa shape index (κ1) is 17.8. The standard InChI is InChI=1S/C18H22ClN3O3/c1-12-3-2-6-21(11-12)16-5-4-13(9-14(16)19)20-15-10-17(24)22(7-8-23)18(15)25/h4-5,9-10,12,20,23H,2-3,6-8,11H2,1H3. The molecule has 25 heavy (non-hydrogen) atoms. The van der Waals surface area contributed by atoms with E-state index in [0.29, 0.717) is 16.6 Å². The molecule has 7 heteroatoms. The maximum atomic E-state index is 12.2. The SMILES string of the molecule is CC1CCCN(c2ccc(NC3=CC(=O)N(CCO)C3=O)cc2Cl)C1. The highest BCUT2D eigenvalue weighted by Crippen LogP contribution is 2.32. The highest BCUT2D eigenvalue weighted by atomic mass is 35.5. The summed E-state index contributed by atoms with van der Waals surface area (Å²) in [7, 11) is 0. The zero-order valence-electron chi connectivity index (χ0n) is 14.2. The van der Waals surface area contributed by atoms with Gasteiger partial charge in [-0.3, -0.25) is 14.5 Å². The molecule has 1 unspecified atom stereocenters. The third-order valence-corrected chi connectivity index (χ3v) is 4.86. The number of nitrogens with zero attached hydrogens (tertiary/aromatic N) is 2. The minimum Gasteiger partial charge on any atom is -0.395 e. The molecule has 6 nitrogen and oxygen atoms in total. The van der Waals surface area contributed by atoms with E-state index >= 15 is 0 Å². The number of benzene rings is 1. The number of aliphatic hydroxyl groups is 1. The number of nitrogens with one attached hydrogen (secondary N) is 1. The van der Waals surface area contributed by atoms with Crippen molar-refractivity contribution < 1.29 is 14.7 Å². The molecule has 0 saturated carbocycles. The summed E-state index contributed by atoms with van der Waals surface area (Å²) in [5.74, 6) is -0.219. The van der Waals surface area contributed by atoms with Crippen molar-refractivity contribution in [1.29, 1.82) is 0 Å². The van der Waals surface area contributed by atoms with Gasteiger partial charge in [-0.15, -0.1) is 0 Å². The monoisotopic (exact) mass is 363 g/mol. The summed E-state index contributed by atoms with van der Waals surface area (Å²) in [6.45, 7) is 3.95. The zero-order chi connectivity index (χ0) is 18.0. The van der Waals surface area contributed by atoms with Crippen LogP contribution < -0.4 is 10.2 Å². The van der Waals surface area contributed by atoms with Crippen LogP contribution >= 0.6 is 11.6 Å². The average Bonchev–Trinajstić information content (AvgIpc) is 2.83. The third-order valence-electron chi connectivity index (χ3n) is 4.56. The van der Waals surface area contributed by atoms with E-state index in [-0.39, 0.29) is 18.8 Å². The number of carbonyl (C=O) groups excluding carboxylic acids is 2. The molecular formula is C18H22ClN3O3. The van der Waals surface area contributed by atoms with Gasteiger partial charge in [0.15, 0.2) is 0 Å². The maximum Gasteiger partial charge on any atom is 0.277 e. The van der Waals surface area contributed by atoms with Crippen molar-refractivity contribution in [2.24, 2.45) is 5.92 Å². The van der Waals surface area contributed by atoms with E-state index in [4.69, 9.17) is 16.7 Å². The number of carbonyl (C=O) groups is 2. The molecule has 2 N–H and O–H groups in total. The first-order valence-electron chi connectivity index (χ1n) is 8.49. The van der Waals surface area contributed by atoms with E-state index in [1.165, 1.54) is 12.5 Å². The Bertz CT molecular complexity index is 720. The third kappa shape index (κ3) is 3.80. The molecule has 1 saturated heterocycles. The van der Waals surface area contributed by atoms with Gasteiger partial charge in [-0.05, 0) is 37.0 Å². The van der Waals surface area contributed by atoms with Gasteiger partial charge in [0.05, 0.1) is 23.9 Å². The van der Waals surface area contributed by atoms with E-state index in [2.05, 4.69) is 17.1 Å². The average molecular weight is 364 g/mol. The van der Waals surface area contributed by atoms with Gasteiger partial charge in [0.2, 0.25) is 0 Å². The van der Waals surface area contributed by atoms with Crippen molar-refractivity contribution in [2.75, 3.05) is 36.5 Å². The number of β-amino-alcohol motifs (C(OH)–C–C–N with tert-alkyl or cyclic N) is 1. The molecule has 2 amide bonds. The predicted molar refractivity (Wildman–Crippen MR) is 97.6 cm³/mol. The number of rotatable bonds is 5. The van der Waals surface area contributed by atoms with Crippen LogP contribution in [0, 0.1) is 5.92 Å². The Morgan fingerprint density at radius 2 is 2.16 bits per heavy atom. The molecular weight excluding hydrogens is 342 g/mol. The van der Waals surface area contributed by atoms with Crippen LogP contribution in [-0.4, -0.2) is 48.1 Å². The molecule has 2 aliphatic rings. The van der Waals surface area contributed by atoms with E-state index in [1.54, 1.807) is 6.07 Å². The van der Waals surface area contributed by atoms with E-state index in [9.17, 15) is 9.59 Å². The number of hydrogen-bond donors (Lipinski definition) is 2. The number of hydrogen-bond acceptors (Lipinski definition) is 5. The summed E-state index contributed by atoms with van der Waals surface area (Å²) in [5.41, 5.74) is 1.83. The Hall–Kier alpha value is -2.05. The van der Waals surface area contributed by atoms with Crippen LogP contribution in [0.15, 0.2) is 30.0 Å². The molecule has 0 aromatic heterocycles. The van der Waals surface area contributed by atoms with Gasteiger partial charge in [-0.2, -0.15) is 0 Å². The van der Waals surface area contributed by atoms with Crippen LogP contribution in [-0.2, 0) is 9.59 Å². The van der Waals surface area contributed by atoms with Gasteiger partial charge >= 0.3 is 0 Å². The number of imide groups is 1. The van der Waals surface area contributed by atoms with Crippen molar-refractivity contribution >= 4 is 34.8 Å². The van der Waals surface area contributed by atoms with Crippen LogP contribution in [0.1, 0.15) is 19.8 Å². The zero-order valence-corrected chi connectivity index (χ0v) is 14.9. The fourth-order valence-electron chi connectivity index (χ4n) is 3.31. The molecule has 1 fully saturated rings. The molecule has 1 atom stereocenters. The van der Waals surface area contributed by atoms with Gasteiger partial charge < -0.3 is 15.3 Å². The molecule has 2 aliphatic heterocycles. The van der Waals surface area contributed by atoms with Gasteiger partial charge in [0.25, 0.3) is 11.8 Å². The second kappa shape index (κ2) is 7.45. The smallest absolute Gasteiger partial charge is 0.277 e. The lowest BCUT2D eigenvalue weighted by atomic mass is 10.00. The van der Waals surface area contributed by atoms with Crippen LogP contribution in [0.5, 0.6) is 0 Å². The Kier molecular flexibility index (Phi) is 5.30. The molecule has 0 bridgehead atoms. The van der Waals surface area contributed by atoms with Crippen LogP contribution in [0.4, 0.5) is 11.4 Å². The van der Waals surface area contributed by atoms with Crippen LogP contribution in [0.25, 0.3) is 0 Å². The topological polar surface area (TPSA) is 72.9 Å². The van der Waals surface area contributed by atoms with E-state index in [1.807, 2.05) is 12.1 Å². The normalized spacial score (nSPS) is 20.9. The quantitative estimate of drug-likeness (QED) is 0.785. The summed E-state index contributed by atoms with van der Waals surface area (Å²) in [6, 6.07) is 5.56. The van der Waals surface area contributed by atoms with Gasteiger partial charge in [-0.1, -0.05) is 18.5 Å². The van der Waals surface area contributed by atoms with E-state index < -0.39 is 11.8 Å². The van der Waals surface area contributed by atoms with Crippen molar-refractivity contribution in [2.45, 2.75) is 19.8 Å². The minimum absolute atomic E-state index is 0.00775. The van der Waals surface area contributed by atoms with Crippen LogP contribution in [0.3, 0.4) is 0 Å². The minimum atomic E-state index is -0.441. The van der Waals surface area contributed by atoms with Gasteiger partial charge in [0.1, 0.15) is 5.70 Å². The van der Waals surface area contributed by atoms with Gasteiger partial charge in [-0.25, -0.2) is 0 Å². The lowest BCUT2D eigenvalue weighted by Crippen LogP contribution is -2.34. The summed E-state index contributed by atoms with van der Waals surface area (Å²) in [4.78, 5) is 27.2. The van der Waals surface area contributed by atoms with E-state index in [0.717, 1.165) is 30.1 Å². The number of piperidine rings is 1. The number of anilines is 2. The Labute approximate surface area is 152 Å². The summed E-state index contributed by atoms with van der Waals surface area (Å²) >= 11 is 6.44. The van der Waals surface area contributed by atoms with Crippen molar-refractivity contribution in [1.82, 2.24) is 4.90 Å². The number of amides is 2. The predicted octanol–water partition coefficient (Wildman–Crippen LogP) is 2.23. The Morgan fingerprint density at radius 3 is 2.84 bits per heavy atom. The fraction of sp³-hybridized carbons (Fsp3) is 0.444. The fourth-order valence-corrected chi connectivity index (χ4v) is 3.61. The lowest BCUT2D eigenvalue weighted by Gasteiger charge is -2.33. The summed E-state index contributed by atoms with van der Waals surface area (Å²) in [5, 5.41) is 12.5. The molecule has 0 spiro atoms. The highest BCUT2D eigenvalue weighted by Gasteiger charge is 2.30. The molecule has 0 aliphatic carbocycles. The van der Waals surface area contributed by atoms with Crippen LogP contribution in [0.2, 0.25) is 5.02 Å². The second-order valence-corrected chi connectivity index (χ2v) is 6.97. The van der Waals surface area contributed by atoms with Gasteiger partial charge in [0, 0.05) is 24.9 Å². The van der Waals surface area contributed by atoms with Crippen molar-refractivity contribution in [3.05, 3.63) is 35.0 Å². The highest BCUT2D eigenvalue weighted by molar-refractivity contribution is 6.33. The summed E-state index contributed by atoms with van der Waals surface area (Å²) < 4.78 is 0. The first-order chi connectivity index (χ1) is 12.0. The maximum absolute atomic E-state index is 12.2. The number of aliphatic hydroxyl groups excluding tert-OH is 1. The van der Waals surface area contributed by atoms with Crippen molar-refractivity contribution in [3.63, 3.8) is 0 Å². The molecule has 134 valence electrons. The molecule has 0 radical (unpaired) electrons. The lowest BCUT2D eigenvalue weighted by molar-refractivity contribution is -0.137. The molecule has 3 rings (SSSR count). The largest absolute Gasteiger partial charge is 0.395 e. The Balaban J connectivity index is 1.72. The first-order valence-corrected chi connectivity index (χ1v) is 8.87. The molecule has 2 heterocycles.